The maximum absolute atomic E-state index is 10.6. The average molecular weight is 147 g/mol. The summed E-state index contributed by atoms with van der Waals surface area (Å²) in [6.07, 6.45) is 0.923. The third-order valence-electron chi connectivity index (χ3n) is 2.27. The fourth-order valence-electron chi connectivity index (χ4n) is 1.54. The Morgan fingerprint density at radius 2 is 1.89 bits per heavy atom. The molecule has 52 valence electrons. The highest BCUT2D eigenvalue weighted by Crippen LogP contribution is 2.53. The van der Waals surface area contributed by atoms with Crippen molar-refractivity contribution in [2.24, 2.45) is 11.1 Å². The monoisotopic (exact) mass is 147 g/mol. The van der Waals surface area contributed by atoms with Crippen molar-refractivity contribution in [3.8, 4) is 0 Å². The zero-order valence-corrected chi connectivity index (χ0v) is 5.82. The molecule has 3 nitrogen and oxygen atoms in total. The maximum atomic E-state index is 10.6. The van der Waals surface area contributed by atoms with Crippen molar-refractivity contribution in [2.45, 2.75) is 12.5 Å². The lowest BCUT2D eigenvalue weighted by Crippen LogP contribution is -2.42. The first-order valence-electron chi connectivity index (χ1n) is 3.00. The van der Waals surface area contributed by atoms with E-state index in [1.54, 1.807) is 0 Å². The van der Waals surface area contributed by atoms with Crippen LogP contribution in [0.2, 0.25) is 0 Å². The summed E-state index contributed by atoms with van der Waals surface area (Å²) in [7, 11) is -2.64. The highest BCUT2D eigenvalue weighted by atomic mass is 32.2. The highest BCUT2D eigenvalue weighted by Gasteiger charge is 2.63. The molecule has 1 saturated heterocycles. The average Bonchev–Trinajstić information content (AvgIpc) is 2.09. The SMILES string of the molecule is NC1CC12CS(=O)(=O)C2. The van der Waals surface area contributed by atoms with Crippen LogP contribution < -0.4 is 5.73 Å². The number of nitrogens with two attached hydrogens (primary N) is 1. The second-order valence-corrected chi connectivity index (χ2v) is 5.27. The molecule has 2 N–H and O–H groups in total. The van der Waals surface area contributed by atoms with E-state index in [4.69, 9.17) is 5.73 Å². The van der Waals surface area contributed by atoms with E-state index >= 15 is 0 Å². The van der Waals surface area contributed by atoms with Gasteiger partial charge < -0.3 is 5.73 Å². The van der Waals surface area contributed by atoms with Crippen molar-refractivity contribution < 1.29 is 8.42 Å². The molecule has 1 unspecified atom stereocenters. The Balaban J connectivity index is 2.15. The van der Waals surface area contributed by atoms with Crippen LogP contribution in [-0.2, 0) is 9.84 Å². The van der Waals surface area contributed by atoms with Crippen LogP contribution in [0.15, 0.2) is 0 Å². The van der Waals surface area contributed by atoms with Crippen molar-refractivity contribution >= 4 is 9.84 Å². The molecule has 0 amide bonds. The van der Waals surface area contributed by atoms with Crippen LogP contribution in [0.1, 0.15) is 6.42 Å². The molecule has 1 saturated carbocycles. The van der Waals surface area contributed by atoms with Gasteiger partial charge in [-0.1, -0.05) is 0 Å². The van der Waals surface area contributed by atoms with E-state index in [2.05, 4.69) is 0 Å². The molecule has 2 rings (SSSR count). The standard InChI is InChI=1S/C5H9NO2S/c6-4-1-5(4)2-9(7,8)3-5/h4H,1-3,6H2. The van der Waals surface area contributed by atoms with E-state index in [9.17, 15) is 8.42 Å². The molecule has 1 heterocycles. The third kappa shape index (κ3) is 0.632. The Morgan fingerprint density at radius 1 is 1.44 bits per heavy atom. The molecule has 1 aliphatic heterocycles. The van der Waals surface area contributed by atoms with Gasteiger partial charge in [0.15, 0.2) is 9.84 Å². The molecule has 4 heteroatoms. The minimum absolute atomic E-state index is 0.0544. The quantitative estimate of drug-likeness (QED) is 0.484. The summed E-state index contributed by atoms with van der Waals surface area (Å²) in [6.45, 7) is 0. The van der Waals surface area contributed by atoms with Gasteiger partial charge in [-0.3, -0.25) is 0 Å². The molecule has 2 aliphatic rings. The molecule has 1 spiro atoms. The molecule has 0 aromatic carbocycles. The fraction of sp³-hybridized carbons (Fsp3) is 1.00. The second-order valence-electron chi connectivity index (χ2n) is 3.21. The van der Waals surface area contributed by atoms with Gasteiger partial charge in [0.05, 0.1) is 11.5 Å². The Labute approximate surface area is 54.2 Å². The van der Waals surface area contributed by atoms with Crippen LogP contribution >= 0.6 is 0 Å². The van der Waals surface area contributed by atoms with Crippen LogP contribution in [-0.4, -0.2) is 26.0 Å². The number of sulfone groups is 1. The van der Waals surface area contributed by atoms with Crippen LogP contribution in [0.5, 0.6) is 0 Å². The largest absolute Gasteiger partial charge is 0.327 e. The number of rotatable bonds is 0. The van der Waals surface area contributed by atoms with Gasteiger partial charge in [0, 0.05) is 11.5 Å². The van der Waals surface area contributed by atoms with Crippen molar-refractivity contribution in [2.75, 3.05) is 11.5 Å². The first kappa shape index (κ1) is 5.68. The summed E-state index contributed by atoms with van der Waals surface area (Å²) in [5.41, 5.74) is 5.57. The lowest BCUT2D eigenvalue weighted by atomic mass is 10.1. The Kier molecular flexibility index (Phi) is 0.743. The van der Waals surface area contributed by atoms with E-state index in [1.165, 1.54) is 0 Å². The van der Waals surface area contributed by atoms with Crippen molar-refractivity contribution in [3.63, 3.8) is 0 Å². The van der Waals surface area contributed by atoms with Gasteiger partial charge in [-0.15, -0.1) is 0 Å². The summed E-state index contributed by atoms with van der Waals surface area (Å²) < 4.78 is 21.3. The normalized spacial score (nSPS) is 42.1. The predicted octanol–water partition coefficient (Wildman–Crippen LogP) is -0.868. The Hall–Kier alpha value is -0.0900. The minimum Gasteiger partial charge on any atom is -0.327 e. The Bertz CT molecular complexity index is 232. The fourth-order valence-corrected chi connectivity index (χ4v) is 3.88. The number of hydrogen-bond donors (Lipinski definition) is 1. The van der Waals surface area contributed by atoms with Crippen LogP contribution in [0.3, 0.4) is 0 Å². The first-order valence-corrected chi connectivity index (χ1v) is 4.82. The summed E-state index contributed by atoms with van der Waals surface area (Å²) in [5, 5.41) is 0. The lowest BCUT2D eigenvalue weighted by Gasteiger charge is -2.25. The van der Waals surface area contributed by atoms with Gasteiger partial charge in [0.2, 0.25) is 0 Å². The summed E-state index contributed by atoms with van der Waals surface area (Å²) >= 11 is 0. The summed E-state index contributed by atoms with van der Waals surface area (Å²) in [6, 6.07) is 0.182. The van der Waals surface area contributed by atoms with Crippen LogP contribution in [0, 0.1) is 5.41 Å². The molecule has 2 fully saturated rings. The molecular formula is C5H9NO2S. The van der Waals surface area contributed by atoms with E-state index in [0.29, 0.717) is 11.5 Å². The molecular weight excluding hydrogens is 138 g/mol. The van der Waals surface area contributed by atoms with Crippen LogP contribution in [0.4, 0.5) is 0 Å². The zero-order chi connectivity index (χ0) is 6.70. The summed E-state index contributed by atoms with van der Waals surface area (Å²) in [5.74, 6) is 0.697. The molecule has 0 aromatic heterocycles. The lowest BCUT2D eigenvalue weighted by molar-refractivity contribution is 0.501. The van der Waals surface area contributed by atoms with Crippen molar-refractivity contribution in [3.05, 3.63) is 0 Å². The number of hydrogen-bond acceptors (Lipinski definition) is 3. The minimum atomic E-state index is -2.64. The van der Waals surface area contributed by atoms with E-state index in [-0.39, 0.29) is 11.5 Å². The van der Waals surface area contributed by atoms with Gasteiger partial charge in [-0.25, -0.2) is 8.42 Å². The predicted molar refractivity (Wildman–Crippen MR) is 33.7 cm³/mol. The molecule has 1 atom stereocenters. The molecule has 0 aromatic rings. The molecule has 0 bridgehead atoms. The van der Waals surface area contributed by atoms with Crippen LogP contribution in [0.25, 0.3) is 0 Å². The second kappa shape index (κ2) is 1.18. The first-order chi connectivity index (χ1) is 4.04. The van der Waals surface area contributed by atoms with E-state index in [1.807, 2.05) is 0 Å². The third-order valence-corrected chi connectivity index (χ3v) is 4.30. The zero-order valence-electron chi connectivity index (χ0n) is 5.00. The van der Waals surface area contributed by atoms with Gasteiger partial charge >= 0.3 is 0 Å². The van der Waals surface area contributed by atoms with Gasteiger partial charge in [-0.05, 0) is 6.42 Å². The molecule has 0 radical (unpaired) electrons. The van der Waals surface area contributed by atoms with Gasteiger partial charge in [0.1, 0.15) is 0 Å². The molecule has 9 heavy (non-hydrogen) atoms. The highest BCUT2D eigenvalue weighted by molar-refractivity contribution is 7.92. The maximum Gasteiger partial charge on any atom is 0.151 e. The van der Waals surface area contributed by atoms with E-state index in [0.717, 1.165) is 6.42 Å². The smallest absolute Gasteiger partial charge is 0.151 e. The topological polar surface area (TPSA) is 60.2 Å². The van der Waals surface area contributed by atoms with Gasteiger partial charge in [-0.2, -0.15) is 0 Å². The Morgan fingerprint density at radius 3 is 2.00 bits per heavy atom. The molecule has 1 aliphatic carbocycles. The van der Waals surface area contributed by atoms with E-state index < -0.39 is 9.84 Å². The van der Waals surface area contributed by atoms with Crippen molar-refractivity contribution in [1.82, 2.24) is 0 Å². The summed E-state index contributed by atoms with van der Waals surface area (Å²) in [4.78, 5) is 0. The van der Waals surface area contributed by atoms with Gasteiger partial charge in [0.25, 0.3) is 0 Å². The van der Waals surface area contributed by atoms with Crippen molar-refractivity contribution in [1.29, 1.82) is 0 Å².